The van der Waals surface area contributed by atoms with E-state index in [0.717, 1.165) is 6.20 Å². The maximum Gasteiger partial charge on any atom is 0.253 e. The maximum atomic E-state index is 13.3. The molecule has 0 fully saturated rings. The van der Waals surface area contributed by atoms with Gasteiger partial charge in [0.2, 0.25) is 0 Å². The van der Waals surface area contributed by atoms with Crippen LogP contribution in [0.5, 0.6) is 0 Å². The Morgan fingerprint density at radius 3 is 2.93 bits per heavy atom. The minimum Gasteiger partial charge on any atom is -0.302 e. The minimum atomic E-state index is -0.488. The molecule has 0 aliphatic rings. The molecule has 0 aromatic carbocycles. The zero-order valence-electron chi connectivity index (χ0n) is 8.01. The molecule has 0 radical (unpaired) electrons. The van der Waals surface area contributed by atoms with Gasteiger partial charge in [0.25, 0.3) is 5.56 Å². The monoisotopic (exact) mass is 205 g/mol. The summed E-state index contributed by atoms with van der Waals surface area (Å²) < 4.78 is 14.6. The molecule has 0 aliphatic carbocycles. The Balaban J connectivity index is 2.60. The lowest BCUT2D eigenvalue weighted by atomic mass is 10.2. The first-order valence-corrected chi connectivity index (χ1v) is 4.31. The van der Waals surface area contributed by atoms with E-state index >= 15 is 0 Å². The highest BCUT2D eigenvalue weighted by molar-refractivity contribution is 5.58. The Bertz CT molecular complexity index is 550. The van der Waals surface area contributed by atoms with E-state index in [0.29, 0.717) is 5.69 Å². The molecule has 4 nitrogen and oxygen atoms in total. The lowest BCUT2D eigenvalue weighted by molar-refractivity contribution is 0.624. The Labute approximate surface area is 85.0 Å². The van der Waals surface area contributed by atoms with Gasteiger partial charge in [0.05, 0.1) is 18.2 Å². The van der Waals surface area contributed by atoms with E-state index in [2.05, 4.69) is 9.97 Å². The zero-order valence-corrected chi connectivity index (χ0v) is 8.01. The predicted octanol–water partition coefficient (Wildman–Crippen LogP) is 0.981. The zero-order chi connectivity index (χ0) is 10.8. The first-order valence-electron chi connectivity index (χ1n) is 4.31. The summed E-state index contributed by atoms with van der Waals surface area (Å²) in [4.78, 5) is 18.9. The van der Waals surface area contributed by atoms with Gasteiger partial charge in [-0.1, -0.05) is 0 Å². The third-order valence-corrected chi connectivity index (χ3v) is 2.03. The van der Waals surface area contributed by atoms with Crippen LogP contribution in [-0.4, -0.2) is 14.5 Å². The number of hydrogen-bond donors (Lipinski definition) is 0. The van der Waals surface area contributed by atoms with Crippen LogP contribution in [0, 0.1) is 5.82 Å². The third-order valence-electron chi connectivity index (χ3n) is 2.03. The molecule has 15 heavy (non-hydrogen) atoms. The minimum absolute atomic E-state index is 0.226. The van der Waals surface area contributed by atoms with Gasteiger partial charge in [-0.15, -0.1) is 0 Å². The average Bonchev–Trinajstić information content (AvgIpc) is 2.23. The summed E-state index contributed by atoms with van der Waals surface area (Å²) in [6.45, 7) is 0. The molecule has 0 bridgehead atoms. The van der Waals surface area contributed by atoms with Gasteiger partial charge < -0.3 is 4.57 Å². The van der Waals surface area contributed by atoms with Gasteiger partial charge in [-0.2, -0.15) is 0 Å². The van der Waals surface area contributed by atoms with Gasteiger partial charge in [0.1, 0.15) is 0 Å². The van der Waals surface area contributed by atoms with Crippen molar-refractivity contribution >= 4 is 0 Å². The Morgan fingerprint density at radius 1 is 1.47 bits per heavy atom. The van der Waals surface area contributed by atoms with Crippen molar-refractivity contribution in [3.8, 4) is 11.3 Å². The highest BCUT2D eigenvalue weighted by Gasteiger charge is 2.06. The average molecular weight is 205 g/mol. The van der Waals surface area contributed by atoms with Crippen molar-refractivity contribution in [3.05, 3.63) is 47.0 Å². The number of rotatable bonds is 1. The van der Waals surface area contributed by atoms with Crippen molar-refractivity contribution in [3.63, 3.8) is 0 Å². The van der Waals surface area contributed by atoms with Gasteiger partial charge in [0.15, 0.2) is 5.82 Å². The smallest absolute Gasteiger partial charge is 0.253 e. The summed E-state index contributed by atoms with van der Waals surface area (Å²) in [5, 5.41) is 0. The highest BCUT2D eigenvalue weighted by Crippen LogP contribution is 2.17. The summed E-state index contributed by atoms with van der Waals surface area (Å²) in [6, 6.07) is 2.77. The number of halogens is 1. The van der Waals surface area contributed by atoms with E-state index in [1.54, 1.807) is 7.05 Å². The predicted molar refractivity (Wildman–Crippen MR) is 52.7 cm³/mol. The first kappa shape index (κ1) is 9.51. The van der Waals surface area contributed by atoms with Crippen LogP contribution in [0.25, 0.3) is 11.3 Å². The van der Waals surface area contributed by atoms with Crippen LogP contribution in [0.1, 0.15) is 0 Å². The van der Waals surface area contributed by atoms with Crippen molar-refractivity contribution in [2.24, 2.45) is 7.05 Å². The van der Waals surface area contributed by atoms with E-state index in [-0.39, 0.29) is 11.1 Å². The summed E-state index contributed by atoms with van der Waals surface area (Å²) in [5.41, 5.74) is 0.372. The molecule has 0 unspecified atom stereocenters. The summed E-state index contributed by atoms with van der Waals surface area (Å²) in [6.07, 6.45) is 3.91. The molecule has 0 atom stereocenters. The SMILES string of the molecule is Cn1cnc(-c2ccncc2F)cc1=O. The molecular weight excluding hydrogens is 197 g/mol. The fourth-order valence-corrected chi connectivity index (χ4v) is 1.19. The molecule has 0 aliphatic heterocycles. The van der Waals surface area contributed by atoms with Crippen LogP contribution in [0.4, 0.5) is 4.39 Å². The van der Waals surface area contributed by atoms with Crippen LogP contribution in [0.2, 0.25) is 0 Å². The van der Waals surface area contributed by atoms with Gasteiger partial charge >= 0.3 is 0 Å². The Morgan fingerprint density at radius 2 is 2.27 bits per heavy atom. The molecular formula is C10H8FN3O. The van der Waals surface area contributed by atoms with Crippen LogP contribution < -0.4 is 5.56 Å². The van der Waals surface area contributed by atoms with E-state index in [1.165, 1.54) is 29.2 Å². The lowest BCUT2D eigenvalue weighted by Gasteiger charge is -2.02. The Kier molecular flexibility index (Phi) is 2.29. The van der Waals surface area contributed by atoms with E-state index in [9.17, 15) is 9.18 Å². The van der Waals surface area contributed by atoms with Crippen LogP contribution in [-0.2, 0) is 7.05 Å². The fraction of sp³-hybridized carbons (Fsp3) is 0.100. The molecule has 2 aromatic rings. The van der Waals surface area contributed by atoms with Crippen molar-refractivity contribution in [1.82, 2.24) is 14.5 Å². The van der Waals surface area contributed by atoms with Crippen molar-refractivity contribution in [1.29, 1.82) is 0 Å². The third kappa shape index (κ3) is 1.76. The second kappa shape index (κ2) is 3.61. The van der Waals surface area contributed by atoms with Crippen molar-refractivity contribution in [2.75, 3.05) is 0 Å². The van der Waals surface area contributed by atoms with Gasteiger partial charge in [-0.25, -0.2) is 9.37 Å². The molecule has 5 heteroatoms. The molecule has 2 aromatic heterocycles. The van der Waals surface area contributed by atoms with E-state index < -0.39 is 5.82 Å². The molecule has 76 valence electrons. The Hall–Kier alpha value is -2.04. The largest absolute Gasteiger partial charge is 0.302 e. The van der Waals surface area contributed by atoms with Crippen LogP contribution in [0.3, 0.4) is 0 Å². The first-order chi connectivity index (χ1) is 7.18. The summed E-state index contributed by atoms with van der Waals surface area (Å²) in [7, 11) is 1.59. The summed E-state index contributed by atoms with van der Waals surface area (Å²) >= 11 is 0. The number of nitrogens with zero attached hydrogens (tertiary/aromatic N) is 3. The molecule has 0 saturated heterocycles. The van der Waals surface area contributed by atoms with Gasteiger partial charge in [-0.3, -0.25) is 9.78 Å². The number of hydrogen-bond acceptors (Lipinski definition) is 3. The van der Waals surface area contributed by atoms with Crippen molar-refractivity contribution in [2.45, 2.75) is 0 Å². The second-order valence-electron chi connectivity index (χ2n) is 3.08. The molecule has 0 spiro atoms. The summed E-state index contributed by atoms with van der Waals surface area (Å²) in [5.74, 6) is -0.488. The molecule has 0 N–H and O–H groups in total. The number of aromatic nitrogens is 3. The number of aryl methyl sites for hydroxylation is 1. The maximum absolute atomic E-state index is 13.3. The van der Waals surface area contributed by atoms with Crippen LogP contribution in [0.15, 0.2) is 35.6 Å². The topological polar surface area (TPSA) is 47.8 Å². The van der Waals surface area contributed by atoms with Crippen LogP contribution >= 0.6 is 0 Å². The van der Waals surface area contributed by atoms with Gasteiger partial charge in [-0.05, 0) is 6.07 Å². The van der Waals surface area contributed by atoms with E-state index in [1.807, 2.05) is 0 Å². The van der Waals surface area contributed by atoms with E-state index in [4.69, 9.17) is 0 Å². The molecule has 2 heterocycles. The fourth-order valence-electron chi connectivity index (χ4n) is 1.19. The standard InChI is InChI=1S/C10H8FN3O/c1-14-6-13-9(4-10(14)15)7-2-3-12-5-8(7)11/h2-6H,1H3. The number of pyridine rings is 1. The quantitative estimate of drug-likeness (QED) is 0.697. The molecule has 0 saturated carbocycles. The second-order valence-corrected chi connectivity index (χ2v) is 3.08. The van der Waals surface area contributed by atoms with Gasteiger partial charge in [0, 0.05) is 24.9 Å². The molecule has 2 rings (SSSR count). The van der Waals surface area contributed by atoms with Crippen molar-refractivity contribution < 1.29 is 4.39 Å². The lowest BCUT2D eigenvalue weighted by Crippen LogP contribution is -2.15. The highest BCUT2D eigenvalue weighted by atomic mass is 19.1. The molecule has 0 amide bonds. The normalized spacial score (nSPS) is 10.3.